The number of carbonyl (C=O) groups excluding carboxylic acids is 1. The predicted molar refractivity (Wildman–Crippen MR) is 84.3 cm³/mol. The molecule has 1 heterocycles. The number of piperidine rings is 1. The van der Waals surface area contributed by atoms with Crippen molar-refractivity contribution in [1.29, 1.82) is 0 Å². The molecule has 1 fully saturated rings. The van der Waals surface area contributed by atoms with Crippen molar-refractivity contribution in [2.45, 2.75) is 36.3 Å². The molecule has 19 heavy (non-hydrogen) atoms. The van der Waals surface area contributed by atoms with E-state index in [-0.39, 0.29) is 11.2 Å². The van der Waals surface area contributed by atoms with Crippen LogP contribution in [0, 0.1) is 0 Å². The number of carbonyl (C=O) groups is 1. The van der Waals surface area contributed by atoms with Gasteiger partial charge in [0.15, 0.2) is 0 Å². The highest BCUT2D eigenvalue weighted by molar-refractivity contribution is 9.10. The Morgan fingerprint density at radius 2 is 2.05 bits per heavy atom. The van der Waals surface area contributed by atoms with Crippen LogP contribution in [0.25, 0.3) is 0 Å². The van der Waals surface area contributed by atoms with Crippen LogP contribution in [0.4, 0.5) is 5.69 Å². The largest absolute Gasteiger partial charge is 0.399 e. The third-order valence-electron chi connectivity index (χ3n) is 3.28. The fraction of sp³-hybridized carbons (Fsp3) is 0.500. The molecule has 3 nitrogen and oxygen atoms in total. The summed E-state index contributed by atoms with van der Waals surface area (Å²) in [7, 11) is 0. The Labute approximate surface area is 127 Å². The van der Waals surface area contributed by atoms with Gasteiger partial charge in [0.05, 0.1) is 5.25 Å². The minimum absolute atomic E-state index is 0.0574. The molecule has 2 rings (SSSR count). The number of anilines is 1. The Bertz CT molecular complexity index is 461. The van der Waals surface area contributed by atoms with Gasteiger partial charge in [0.1, 0.15) is 0 Å². The zero-order valence-corrected chi connectivity index (χ0v) is 13.5. The summed E-state index contributed by atoms with van der Waals surface area (Å²) in [5.41, 5.74) is 6.45. The molecule has 0 spiro atoms. The maximum Gasteiger partial charge on any atom is 0.235 e. The molecule has 0 aromatic heterocycles. The molecule has 1 aliphatic rings. The van der Waals surface area contributed by atoms with E-state index in [0.29, 0.717) is 0 Å². The number of rotatable bonds is 3. The quantitative estimate of drug-likeness (QED) is 0.675. The standard InChI is InChI=1S/C14H19BrN2OS/c1-10(14(18)17-7-3-2-4-8-17)19-13-6-5-11(16)9-12(13)15/h5-6,9-10H,2-4,7-8,16H2,1H3. The van der Waals surface area contributed by atoms with Crippen LogP contribution in [-0.4, -0.2) is 29.1 Å². The molecule has 0 saturated carbocycles. The van der Waals surface area contributed by atoms with E-state index in [1.165, 1.54) is 6.42 Å². The van der Waals surface area contributed by atoms with Crippen molar-refractivity contribution in [2.75, 3.05) is 18.8 Å². The average Bonchev–Trinajstić information content (AvgIpc) is 2.42. The van der Waals surface area contributed by atoms with E-state index in [1.54, 1.807) is 11.8 Å². The molecule has 1 aromatic rings. The number of hydrogen-bond acceptors (Lipinski definition) is 3. The molecule has 1 aromatic carbocycles. The molecule has 1 amide bonds. The first-order valence-electron chi connectivity index (χ1n) is 6.58. The van der Waals surface area contributed by atoms with Crippen molar-refractivity contribution in [3.63, 3.8) is 0 Å². The summed E-state index contributed by atoms with van der Waals surface area (Å²) >= 11 is 5.08. The first kappa shape index (κ1) is 14.7. The number of hydrogen-bond donors (Lipinski definition) is 1. The Morgan fingerprint density at radius 3 is 2.68 bits per heavy atom. The molecule has 1 saturated heterocycles. The average molecular weight is 343 g/mol. The van der Waals surface area contributed by atoms with Gasteiger partial charge in [-0.1, -0.05) is 0 Å². The maximum atomic E-state index is 12.3. The number of nitrogen functional groups attached to an aromatic ring is 1. The monoisotopic (exact) mass is 342 g/mol. The highest BCUT2D eigenvalue weighted by Crippen LogP contribution is 2.32. The van der Waals surface area contributed by atoms with Gasteiger partial charge >= 0.3 is 0 Å². The molecule has 5 heteroatoms. The molecule has 2 N–H and O–H groups in total. The topological polar surface area (TPSA) is 46.3 Å². The lowest BCUT2D eigenvalue weighted by atomic mass is 10.1. The van der Waals surface area contributed by atoms with Crippen LogP contribution >= 0.6 is 27.7 Å². The smallest absolute Gasteiger partial charge is 0.235 e. The van der Waals surface area contributed by atoms with E-state index in [1.807, 2.05) is 30.0 Å². The second-order valence-corrected chi connectivity index (χ2v) is 7.07. The van der Waals surface area contributed by atoms with E-state index < -0.39 is 0 Å². The fourth-order valence-electron chi connectivity index (χ4n) is 2.22. The van der Waals surface area contributed by atoms with Gasteiger partial charge in [-0.25, -0.2) is 0 Å². The summed E-state index contributed by atoms with van der Waals surface area (Å²) in [5, 5.41) is -0.0574. The number of likely N-dealkylation sites (tertiary alicyclic amines) is 1. The third kappa shape index (κ3) is 3.89. The summed E-state index contributed by atoms with van der Waals surface area (Å²) in [6.07, 6.45) is 3.51. The van der Waals surface area contributed by atoms with Crippen LogP contribution in [0.3, 0.4) is 0 Å². The summed E-state index contributed by atoms with van der Waals surface area (Å²) < 4.78 is 0.954. The molecule has 104 valence electrons. The molecule has 0 radical (unpaired) electrons. The Hall–Kier alpha value is -0.680. The maximum absolute atomic E-state index is 12.3. The Kier molecular flexibility index (Phi) is 5.16. The molecule has 0 aliphatic carbocycles. The van der Waals surface area contributed by atoms with E-state index in [0.717, 1.165) is 41.0 Å². The van der Waals surface area contributed by atoms with Crippen molar-refractivity contribution in [2.24, 2.45) is 0 Å². The van der Waals surface area contributed by atoms with Crippen molar-refractivity contribution >= 4 is 39.3 Å². The predicted octanol–water partition coefficient (Wildman–Crippen LogP) is 3.52. The van der Waals surface area contributed by atoms with Crippen LogP contribution in [0.5, 0.6) is 0 Å². The third-order valence-corrected chi connectivity index (χ3v) is 5.36. The lowest BCUT2D eigenvalue weighted by molar-refractivity contribution is -0.131. The zero-order chi connectivity index (χ0) is 13.8. The van der Waals surface area contributed by atoms with Gasteiger partial charge in [-0.2, -0.15) is 0 Å². The first-order valence-corrected chi connectivity index (χ1v) is 8.25. The van der Waals surface area contributed by atoms with E-state index in [2.05, 4.69) is 15.9 Å². The number of thioether (sulfide) groups is 1. The van der Waals surface area contributed by atoms with Gasteiger partial charge in [-0.15, -0.1) is 11.8 Å². The number of nitrogens with two attached hydrogens (primary N) is 1. The summed E-state index contributed by atoms with van der Waals surface area (Å²) in [4.78, 5) is 15.4. The summed E-state index contributed by atoms with van der Waals surface area (Å²) in [6.45, 7) is 3.80. The highest BCUT2D eigenvalue weighted by Gasteiger charge is 2.23. The van der Waals surface area contributed by atoms with Gasteiger partial charge in [-0.05, 0) is 60.3 Å². The van der Waals surface area contributed by atoms with Gasteiger partial charge in [0.25, 0.3) is 0 Å². The number of nitrogens with zero attached hydrogens (tertiary/aromatic N) is 1. The second-order valence-electron chi connectivity index (χ2n) is 4.84. The van der Waals surface area contributed by atoms with Gasteiger partial charge in [-0.3, -0.25) is 4.79 Å². The molecule has 0 bridgehead atoms. The van der Waals surface area contributed by atoms with Crippen molar-refractivity contribution < 1.29 is 4.79 Å². The van der Waals surface area contributed by atoms with Crippen molar-refractivity contribution in [3.8, 4) is 0 Å². The summed E-state index contributed by atoms with van der Waals surface area (Å²) in [5.74, 6) is 0.244. The summed E-state index contributed by atoms with van der Waals surface area (Å²) in [6, 6.07) is 5.70. The van der Waals surface area contributed by atoms with Crippen LogP contribution in [0.1, 0.15) is 26.2 Å². The SMILES string of the molecule is CC(Sc1ccc(N)cc1Br)C(=O)N1CCCCC1. The van der Waals surface area contributed by atoms with Gasteiger partial charge in [0.2, 0.25) is 5.91 Å². The number of amides is 1. The van der Waals surface area contributed by atoms with Crippen LogP contribution in [-0.2, 0) is 4.79 Å². The zero-order valence-electron chi connectivity index (χ0n) is 11.1. The number of benzene rings is 1. The van der Waals surface area contributed by atoms with Crippen LogP contribution < -0.4 is 5.73 Å². The van der Waals surface area contributed by atoms with Crippen LogP contribution in [0.15, 0.2) is 27.6 Å². The van der Waals surface area contributed by atoms with E-state index >= 15 is 0 Å². The van der Waals surface area contributed by atoms with Crippen molar-refractivity contribution in [3.05, 3.63) is 22.7 Å². The van der Waals surface area contributed by atoms with Gasteiger partial charge < -0.3 is 10.6 Å². The highest BCUT2D eigenvalue weighted by atomic mass is 79.9. The molecular weight excluding hydrogens is 324 g/mol. The van der Waals surface area contributed by atoms with Crippen molar-refractivity contribution in [1.82, 2.24) is 4.90 Å². The van der Waals surface area contributed by atoms with Crippen LogP contribution in [0.2, 0.25) is 0 Å². The molecule has 1 aliphatic heterocycles. The molecular formula is C14H19BrN2OS. The minimum atomic E-state index is -0.0574. The molecule has 1 unspecified atom stereocenters. The Balaban J connectivity index is 1.99. The van der Waals surface area contributed by atoms with Gasteiger partial charge in [0, 0.05) is 28.1 Å². The Morgan fingerprint density at radius 1 is 1.37 bits per heavy atom. The second kappa shape index (κ2) is 6.66. The lowest BCUT2D eigenvalue weighted by Crippen LogP contribution is -2.40. The fourth-order valence-corrected chi connectivity index (χ4v) is 3.85. The van der Waals surface area contributed by atoms with E-state index in [9.17, 15) is 4.79 Å². The minimum Gasteiger partial charge on any atom is -0.399 e. The normalized spacial score (nSPS) is 17.3. The molecule has 1 atom stereocenters. The first-order chi connectivity index (χ1) is 9.08. The number of halogens is 1. The van der Waals surface area contributed by atoms with E-state index in [4.69, 9.17) is 5.73 Å². The lowest BCUT2D eigenvalue weighted by Gasteiger charge is -2.29.